The zero-order chi connectivity index (χ0) is 20.0. The van der Waals surface area contributed by atoms with Crippen LogP contribution < -0.4 is 18.9 Å². The van der Waals surface area contributed by atoms with Crippen LogP contribution in [0.5, 0.6) is 23.0 Å². The number of esters is 1. The third-order valence-electron chi connectivity index (χ3n) is 4.33. The third-order valence-corrected chi connectivity index (χ3v) is 4.33. The second kappa shape index (κ2) is 8.44. The molecule has 0 bridgehead atoms. The van der Waals surface area contributed by atoms with Gasteiger partial charge in [0.2, 0.25) is 0 Å². The van der Waals surface area contributed by atoms with Crippen molar-refractivity contribution in [3.63, 3.8) is 0 Å². The van der Waals surface area contributed by atoms with Crippen LogP contribution in [0.1, 0.15) is 11.1 Å². The predicted octanol–water partition coefficient (Wildman–Crippen LogP) is 2.38. The summed E-state index contributed by atoms with van der Waals surface area (Å²) < 4.78 is 26.1. The van der Waals surface area contributed by atoms with Crippen molar-refractivity contribution in [2.24, 2.45) is 0 Å². The topological polar surface area (TPSA) is 80.3 Å². The molecule has 144 valence electrons. The van der Waals surface area contributed by atoms with E-state index in [1.54, 1.807) is 36.4 Å². The highest BCUT2D eigenvalue weighted by Crippen LogP contribution is 2.39. The van der Waals surface area contributed by atoms with Gasteiger partial charge in [-0.1, -0.05) is 6.07 Å². The number of benzene rings is 2. The van der Waals surface area contributed by atoms with Gasteiger partial charge in [0.15, 0.2) is 16.9 Å². The van der Waals surface area contributed by atoms with Crippen molar-refractivity contribution in [1.29, 1.82) is 0 Å². The number of carbonyl (C=O) groups is 2. The zero-order valence-electron chi connectivity index (χ0n) is 15.9. The minimum Gasteiger partial charge on any atom is -0.497 e. The molecular formula is C20H22O7. The van der Waals surface area contributed by atoms with Gasteiger partial charge in [-0.25, -0.2) is 0 Å². The summed E-state index contributed by atoms with van der Waals surface area (Å²) in [7, 11) is 7.15. The Bertz CT molecular complexity index is 809. The van der Waals surface area contributed by atoms with Crippen LogP contribution in [0.4, 0.5) is 0 Å². The highest BCUT2D eigenvalue weighted by Gasteiger charge is 2.44. The molecule has 0 N–H and O–H groups in total. The number of ether oxygens (including phenoxy) is 5. The quantitative estimate of drug-likeness (QED) is 0.399. The molecule has 0 saturated heterocycles. The molecule has 1 unspecified atom stereocenters. The Hall–Kier alpha value is -3.22. The molecule has 0 aliphatic carbocycles. The standard InChI is InChI=1S/C20H22O7/c1-23-15-8-14(9-16(11-15)24-2)20(12-21,19(22)27-5)13-6-7-17(25-3)18(10-13)26-4/h6-12H,1-5H3. The van der Waals surface area contributed by atoms with E-state index < -0.39 is 11.4 Å². The maximum Gasteiger partial charge on any atom is 0.328 e. The molecule has 0 fully saturated rings. The molecule has 0 heterocycles. The van der Waals surface area contributed by atoms with Crippen molar-refractivity contribution in [2.75, 3.05) is 35.5 Å². The van der Waals surface area contributed by atoms with Gasteiger partial charge in [0.1, 0.15) is 17.8 Å². The fraction of sp³-hybridized carbons (Fsp3) is 0.300. The van der Waals surface area contributed by atoms with E-state index in [4.69, 9.17) is 23.7 Å². The predicted molar refractivity (Wildman–Crippen MR) is 98.0 cm³/mol. The molecule has 7 nitrogen and oxygen atoms in total. The van der Waals surface area contributed by atoms with E-state index in [2.05, 4.69) is 0 Å². The zero-order valence-corrected chi connectivity index (χ0v) is 15.9. The molecular weight excluding hydrogens is 352 g/mol. The molecule has 0 aromatic heterocycles. The first-order chi connectivity index (χ1) is 13.0. The second-order valence-corrected chi connectivity index (χ2v) is 5.59. The van der Waals surface area contributed by atoms with E-state index in [0.29, 0.717) is 40.4 Å². The van der Waals surface area contributed by atoms with Crippen LogP contribution in [0, 0.1) is 0 Å². The van der Waals surface area contributed by atoms with Gasteiger partial charge in [-0.15, -0.1) is 0 Å². The number of aldehydes is 1. The van der Waals surface area contributed by atoms with Crippen LogP contribution >= 0.6 is 0 Å². The Kier molecular flexibility index (Phi) is 6.28. The summed E-state index contributed by atoms with van der Waals surface area (Å²) in [6.45, 7) is 0. The largest absolute Gasteiger partial charge is 0.497 e. The lowest BCUT2D eigenvalue weighted by atomic mass is 9.75. The molecule has 0 radical (unpaired) electrons. The fourth-order valence-electron chi connectivity index (χ4n) is 2.86. The third kappa shape index (κ3) is 3.53. The van der Waals surface area contributed by atoms with Crippen LogP contribution in [0.3, 0.4) is 0 Å². The number of carbonyl (C=O) groups excluding carboxylic acids is 2. The summed E-state index contributed by atoms with van der Waals surface area (Å²) in [5, 5.41) is 0. The van der Waals surface area contributed by atoms with Crippen molar-refractivity contribution in [3.8, 4) is 23.0 Å². The highest BCUT2D eigenvalue weighted by atomic mass is 16.5. The van der Waals surface area contributed by atoms with Crippen molar-refractivity contribution < 1.29 is 33.3 Å². The van der Waals surface area contributed by atoms with Gasteiger partial charge in [0, 0.05) is 6.07 Å². The summed E-state index contributed by atoms with van der Waals surface area (Å²) >= 11 is 0. The Morgan fingerprint density at radius 3 is 1.81 bits per heavy atom. The van der Waals surface area contributed by atoms with Gasteiger partial charge in [-0.3, -0.25) is 4.79 Å². The Morgan fingerprint density at radius 1 is 0.778 bits per heavy atom. The second-order valence-electron chi connectivity index (χ2n) is 5.59. The highest BCUT2D eigenvalue weighted by molar-refractivity contribution is 6.04. The average molecular weight is 374 g/mol. The van der Waals surface area contributed by atoms with E-state index >= 15 is 0 Å². The van der Waals surface area contributed by atoms with E-state index in [0.717, 1.165) is 0 Å². The molecule has 0 aliphatic heterocycles. The van der Waals surface area contributed by atoms with E-state index in [-0.39, 0.29) is 0 Å². The number of hydrogen-bond acceptors (Lipinski definition) is 7. The molecule has 2 aromatic rings. The van der Waals surface area contributed by atoms with E-state index in [1.807, 2.05) is 0 Å². The summed E-state index contributed by atoms with van der Waals surface area (Å²) in [6.07, 6.45) is 0.536. The first kappa shape index (κ1) is 20.1. The van der Waals surface area contributed by atoms with E-state index in [9.17, 15) is 9.59 Å². The first-order valence-electron chi connectivity index (χ1n) is 8.01. The van der Waals surface area contributed by atoms with Crippen molar-refractivity contribution in [1.82, 2.24) is 0 Å². The van der Waals surface area contributed by atoms with Gasteiger partial charge in [-0.05, 0) is 35.4 Å². The van der Waals surface area contributed by atoms with Crippen LogP contribution in [-0.2, 0) is 19.7 Å². The number of hydrogen-bond donors (Lipinski definition) is 0. The van der Waals surface area contributed by atoms with Gasteiger partial charge in [-0.2, -0.15) is 0 Å². The van der Waals surface area contributed by atoms with Crippen LogP contribution in [0.15, 0.2) is 36.4 Å². The van der Waals surface area contributed by atoms with E-state index in [1.165, 1.54) is 35.5 Å². The van der Waals surface area contributed by atoms with Crippen LogP contribution in [0.2, 0.25) is 0 Å². The molecule has 0 spiro atoms. The smallest absolute Gasteiger partial charge is 0.328 e. The lowest BCUT2D eigenvalue weighted by Gasteiger charge is -2.27. The lowest BCUT2D eigenvalue weighted by Crippen LogP contribution is -2.40. The SMILES string of the molecule is COC(=O)C(C=O)(c1cc(OC)cc(OC)c1)c1ccc(OC)c(OC)c1. The molecule has 27 heavy (non-hydrogen) atoms. The minimum atomic E-state index is -1.74. The molecule has 1 atom stereocenters. The normalized spacial score (nSPS) is 12.5. The van der Waals surface area contributed by atoms with Crippen LogP contribution in [0.25, 0.3) is 0 Å². The molecule has 0 amide bonds. The van der Waals surface area contributed by atoms with Gasteiger partial charge >= 0.3 is 5.97 Å². The fourth-order valence-corrected chi connectivity index (χ4v) is 2.86. The summed E-state index contributed by atoms with van der Waals surface area (Å²) in [5.74, 6) is 0.953. The van der Waals surface area contributed by atoms with Gasteiger partial charge in [0.05, 0.1) is 35.5 Å². The van der Waals surface area contributed by atoms with Gasteiger partial charge < -0.3 is 28.5 Å². The van der Waals surface area contributed by atoms with Crippen molar-refractivity contribution >= 4 is 12.3 Å². The molecule has 7 heteroatoms. The Balaban J connectivity index is 2.82. The van der Waals surface area contributed by atoms with Crippen LogP contribution in [-0.4, -0.2) is 47.8 Å². The molecule has 0 saturated carbocycles. The number of rotatable bonds is 8. The van der Waals surface area contributed by atoms with Gasteiger partial charge in [0.25, 0.3) is 0 Å². The Morgan fingerprint density at radius 2 is 1.37 bits per heavy atom. The summed E-state index contributed by atoms with van der Waals surface area (Å²) in [5.41, 5.74) is -1.04. The minimum absolute atomic E-state index is 0.341. The van der Waals surface area contributed by atoms with Crippen molar-refractivity contribution in [2.45, 2.75) is 5.41 Å². The molecule has 2 rings (SSSR count). The Labute approximate surface area is 157 Å². The molecule has 0 aliphatic rings. The monoisotopic (exact) mass is 374 g/mol. The summed E-state index contributed by atoms with van der Waals surface area (Å²) in [6, 6.07) is 9.61. The number of methoxy groups -OCH3 is 5. The first-order valence-corrected chi connectivity index (χ1v) is 8.01. The average Bonchev–Trinajstić information content (AvgIpc) is 2.73. The maximum atomic E-state index is 12.8. The maximum absolute atomic E-state index is 12.8. The summed E-state index contributed by atoms with van der Waals surface area (Å²) in [4.78, 5) is 25.1. The lowest BCUT2D eigenvalue weighted by molar-refractivity contribution is -0.147. The molecule has 2 aromatic carbocycles. The van der Waals surface area contributed by atoms with Crippen molar-refractivity contribution in [3.05, 3.63) is 47.5 Å².